The molecule has 1 heterocycles. The molecule has 0 amide bonds. The summed E-state index contributed by atoms with van der Waals surface area (Å²) in [5.74, 6) is -1.56. The Kier molecular flexibility index (Phi) is 4.46. The Labute approximate surface area is 124 Å². The van der Waals surface area contributed by atoms with Crippen molar-refractivity contribution in [1.29, 1.82) is 0 Å². The van der Waals surface area contributed by atoms with E-state index in [0.717, 1.165) is 11.8 Å². The molecule has 0 fully saturated rings. The van der Waals surface area contributed by atoms with Gasteiger partial charge in [-0.15, -0.1) is 5.10 Å². The van der Waals surface area contributed by atoms with Crippen LogP contribution in [0.25, 0.3) is 0 Å². The molecule has 2 rings (SSSR count). The molecule has 1 aromatic heterocycles. The van der Waals surface area contributed by atoms with Crippen LogP contribution < -0.4 is 5.69 Å². The van der Waals surface area contributed by atoms with Crippen molar-refractivity contribution < 1.29 is 14.3 Å². The van der Waals surface area contributed by atoms with E-state index in [1.54, 1.807) is 26.0 Å². The van der Waals surface area contributed by atoms with Gasteiger partial charge in [-0.1, -0.05) is 23.9 Å². The molecule has 1 atom stereocenters. The number of aromatic amines is 1. The maximum atomic E-state index is 13.6. The van der Waals surface area contributed by atoms with Crippen molar-refractivity contribution in [2.45, 2.75) is 25.0 Å². The normalized spacial score (nSPS) is 12.3. The third-order valence-electron chi connectivity index (χ3n) is 3.06. The van der Waals surface area contributed by atoms with Gasteiger partial charge in [0.2, 0.25) is 0 Å². The molecule has 0 spiro atoms. The van der Waals surface area contributed by atoms with Crippen LogP contribution in [0, 0.1) is 12.7 Å². The van der Waals surface area contributed by atoms with E-state index in [1.165, 1.54) is 10.6 Å². The van der Waals surface area contributed by atoms with E-state index in [2.05, 4.69) is 10.2 Å². The zero-order valence-electron chi connectivity index (χ0n) is 11.5. The van der Waals surface area contributed by atoms with Gasteiger partial charge in [0.05, 0.1) is 11.8 Å². The number of thioether (sulfide) groups is 1. The van der Waals surface area contributed by atoms with Gasteiger partial charge in [0, 0.05) is 0 Å². The van der Waals surface area contributed by atoms with E-state index < -0.39 is 17.7 Å². The summed E-state index contributed by atoms with van der Waals surface area (Å²) in [6.07, 6.45) is 0. The second kappa shape index (κ2) is 6.13. The number of rotatable bonds is 5. The van der Waals surface area contributed by atoms with Crippen LogP contribution in [-0.4, -0.2) is 31.6 Å². The largest absolute Gasteiger partial charge is 0.481 e. The van der Waals surface area contributed by atoms with E-state index >= 15 is 0 Å². The molecule has 0 bridgehead atoms. The maximum absolute atomic E-state index is 13.6. The number of nitrogens with one attached hydrogen (secondary N) is 1. The number of carbonyl (C=O) groups is 1. The Morgan fingerprint density at radius 3 is 2.90 bits per heavy atom. The van der Waals surface area contributed by atoms with Crippen molar-refractivity contribution >= 4 is 17.7 Å². The van der Waals surface area contributed by atoms with E-state index in [-0.39, 0.29) is 16.7 Å². The molecular weight excluding hydrogens is 297 g/mol. The second-order valence-electron chi connectivity index (χ2n) is 4.55. The summed E-state index contributed by atoms with van der Waals surface area (Å²) in [7, 11) is 0. The fourth-order valence-electron chi connectivity index (χ4n) is 1.88. The molecule has 0 aliphatic heterocycles. The van der Waals surface area contributed by atoms with Gasteiger partial charge >= 0.3 is 11.7 Å². The monoisotopic (exact) mass is 311 g/mol. The molecule has 2 aromatic rings. The van der Waals surface area contributed by atoms with Gasteiger partial charge in [-0.25, -0.2) is 14.3 Å². The highest BCUT2D eigenvalue weighted by Gasteiger charge is 2.18. The first kappa shape index (κ1) is 15.3. The van der Waals surface area contributed by atoms with Crippen LogP contribution in [0.5, 0.6) is 0 Å². The van der Waals surface area contributed by atoms with Crippen molar-refractivity contribution in [2.75, 3.05) is 5.75 Å². The predicted octanol–water partition coefficient (Wildman–Crippen LogP) is 1.80. The minimum atomic E-state index is -1.00. The van der Waals surface area contributed by atoms with E-state index in [1.807, 2.05) is 0 Å². The summed E-state index contributed by atoms with van der Waals surface area (Å²) in [5, 5.41) is 15.1. The van der Waals surface area contributed by atoms with Crippen LogP contribution in [0.15, 0.2) is 28.2 Å². The first-order valence-electron chi connectivity index (χ1n) is 6.17. The van der Waals surface area contributed by atoms with Gasteiger partial charge in [0.1, 0.15) is 5.82 Å². The van der Waals surface area contributed by atoms with Crippen molar-refractivity contribution in [3.8, 4) is 0 Å². The van der Waals surface area contributed by atoms with Crippen LogP contribution in [0.2, 0.25) is 0 Å². The molecule has 0 aliphatic carbocycles. The van der Waals surface area contributed by atoms with Gasteiger partial charge in [-0.2, -0.15) is 0 Å². The van der Waals surface area contributed by atoms with Gasteiger partial charge < -0.3 is 5.11 Å². The van der Waals surface area contributed by atoms with Crippen LogP contribution in [-0.2, 0) is 4.79 Å². The number of aryl methyl sites for hydroxylation is 1. The lowest BCUT2D eigenvalue weighted by atomic mass is 10.1. The molecule has 1 aromatic carbocycles. The van der Waals surface area contributed by atoms with Gasteiger partial charge in [-0.05, 0) is 31.0 Å². The van der Waals surface area contributed by atoms with Crippen LogP contribution in [0.4, 0.5) is 4.39 Å². The Bertz CT molecular complexity index is 726. The molecule has 21 heavy (non-hydrogen) atoms. The smallest absolute Gasteiger partial charge is 0.344 e. The molecular formula is C13H14FN3O3S. The molecule has 2 N–H and O–H groups in total. The third kappa shape index (κ3) is 3.33. The lowest BCUT2D eigenvalue weighted by Gasteiger charge is -2.15. The first-order chi connectivity index (χ1) is 9.90. The summed E-state index contributed by atoms with van der Waals surface area (Å²) in [6, 6.07) is 4.28. The number of hydrogen-bond acceptors (Lipinski definition) is 4. The highest BCUT2D eigenvalue weighted by atomic mass is 32.2. The highest BCUT2D eigenvalue weighted by Crippen LogP contribution is 2.23. The number of nitrogens with zero attached hydrogens (tertiary/aromatic N) is 2. The Hall–Kier alpha value is -2.09. The molecule has 112 valence electrons. The minimum absolute atomic E-state index is 0.209. The maximum Gasteiger partial charge on any atom is 0.344 e. The summed E-state index contributed by atoms with van der Waals surface area (Å²) < 4.78 is 15.0. The number of hydrogen-bond donors (Lipinski definition) is 2. The van der Waals surface area contributed by atoms with Gasteiger partial charge in [-0.3, -0.25) is 9.36 Å². The molecule has 0 saturated heterocycles. The van der Waals surface area contributed by atoms with Crippen LogP contribution >= 0.6 is 11.8 Å². The van der Waals surface area contributed by atoms with Crippen molar-refractivity contribution in [2.24, 2.45) is 0 Å². The van der Waals surface area contributed by atoms with E-state index in [4.69, 9.17) is 5.11 Å². The topological polar surface area (TPSA) is 88.0 Å². The molecule has 8 heteroatoms. The SMILES string of the molecule is Cc1ccc(C(C)n2c(SCC(=O)O)n[nH]c2=O)cc1F. The summed E-state index contributed by atoms with van der Waals surface area (Å²) in [6.45, 7) is 3.38. The van der Waals surface area contributed by atoms with Crippen molar-refractivity contribution in [3.05, 3.63) is 45.6 Å². The van der Waals surface area contributed by atoms with E-state index in [9.17, 15) is 14.0 Å². The standard InChI is InChI=1S/C13H14FN3O3S/c1-7-3-4-9(5-10(7)14)8(2)17-12(20)15-16-13(17)21-6-11(18)19/h3-5,8H,6H2,1-2H3,(H,15,20)(H,18,19). The van der Waals surface area contributed by atoms with Gasteiger partial charge in [0.15, 0.2) is 5.16 Å². The number of aliphatic carboxylic acids is 1. The van der Waals surface area contributed by atoms with Crippen LogP contribution in [0.3, 0.4) is 0 Å². The predicted molar refractivity (Wildman–Crippen MR) is 76.2 cm³/mol. The fraction of sp³-hybridized carbons (Fsp3) is 0.308. The highest BCUT2D eigenvalue weighted by molar-refractivity contribution is 7.99. The fourth-order valence-corrected chi connectivity index (χ4v) is 2.62. The average Bonchev–Trinajstić information content (AvgIpc) is 2.80. The summed E-state index contributed by atoms with van der Waals surface area (Å²) in [4.78, 5) is 22.5. The minimum Gasteiger partial charge on any atom is -0.481 e. The second-order valence-corrected chi connectivity index (χ2v) is 5.49. The quantitative estimate of drug-likeness (QED) is 0.822. The van der Waals surface area contributed by atoms with Crippen molar-refractivity contribution in [1.82, 2.24) is 14.8 Å². The Morgan fingerprint density at radius 1 is 1.57 bits per heavy atom. The lowest BCUT2D eigenvalue weighted by molar-refractivity contribution is -0.133. The first-order valence-corrected chi connectivity index (χ1v) is 7.16. The van der Waals surface area contributed by atoms with Crippen LogP contribution in [0.1, 0.15) is 24.1 Å². The molecule has 0 radical (unpaired) electrons. The van der Waals surface area contributed by atoms with Crippen molar-refractivity contribution in [3.63, 3.8) is 0 Å². The lowest BCUT2D eigenvalue weighted by Crippen LogP contribution is -2.22. The zero-order valence-corrected chi connectivity index (χ0v) is 12.3. The Morgan fingerprint density at radius 2 is 2.29 bits per heavy atom. The number of H-pyrrole nitrogens is 1. The van der Waals surface area contributed by atoms with Gasteiger partial charge in [0.25, 0.3) is 0 Å². The van der Waals surface area contributed by atoms with E-state index in [0.29, 0.717) is 11.1 Å². The molecule has 1 unspecified atom stereocenters. The molecule has 6 nitrogen and oxygen atoms in total. The average molecular weight is 311 g/mol. The Balaban J connectivity index is 2.36. The number of carboxylic acids is 1. The number of carboxylic acid groups (broad SMARTS) is 1. The number of benzene rings is 1. The molecule has 0 saturated carbocycles. The summed E-state index contributed by atoms with van der Waals surface area (Å²) in [5.41, 5.74) is 0.668. The number of aromatic nitrogens is 3. The number of halogens is 1. The zero-order chi connectivity index (χ0) is 15.6. The summed E-state index contributed by atoms with van der Waals surface area (Å²) >= 11 is 0.934. The molecule has 0 aliphatic rings. The third-order valence-corrected chi connectivity index (χ3v) is 4.00.